The highest BCUT2D eigenvalue weighted by atomic mass is 16.2. The molecule has 1 saturated heterocycles. The first-order valence-electron chi connectivity index (χ1n) is 9.00. The number of pyridine rings is 1. The number of hydrogen-bond acceptors (Lipinski definition) is 6. The molecule has 0 radical (unpaired) electrons. The van der Waals surface area contributed by atoms with Gasteiger partial charge in [0.15, 0.2) is 0 Å². The van der Waals surface area contributed by atoms with Gasteiger partial charge >= 0.3 is 0 Å². The molecule has 4 heterocycles. The van der Waals surface area contributed by atoms with Gasteiger partial charge in [-0.15, -0.1) is 0 Å². The van der Waals surface area contributed by atoms with Gasteiger partial charge in [0.25, 0.3) is 5.56 Å². The first kappa shape index (κ1) is 17.9. The van der Waals surface area contributed by atoms with Crippen molar-refractivity contribution in [2.24, 2.45) is 7.05 Å². The van der Waals surface area contributed by atoms with E-state index in [0.29, 0.717) is 36.0 Å². The summed E-state index contributed by atoms with van der Waals surface area (Å²) in [5, 5.41) is 4.13. The number of rotatable bonds is 3. The SMILES string of the molecule is Cc1nc(-c2ccc(N3CCN(c4cnn(C)c4)C(=O)C3)nc2)[nH]c(=O)c1C. The van der Waals surface area contributed by atoms with Gasteiger partial charge in [0.2, 0.25) is 5.91 Å². The number of hydrogen-bond donors (Lipinski definition) is 1. The van der Waals surface area contributed by atoms with Crippen LogP contribution in [0.15, 0.2) is 35.5 Å². The van der Waals surface area contributed by atoms with E-state index in [4.69, 9.17) is 0 Å². The average molecular weight is 379 g/mol. The van der Waals surface area contributed by atoms with Crippen molar-refractivity contribution in [1.29, 1.82) is 0 Å². The molecule has 3 aromatic heterocycles. The first-order chi connectivity index (χ1) is 13.4. The van der Waals surface area contributed by atoms with Crippen molar-refractivity contribution < 1.29 is 4.79 Å². The van der Waals surface area contributed by atoms with Crippen LogP contribution >= 0.6 is 0 Å². The Morgan fingerprint density at radius 3 is 2.54 bits per heavy atom. The molecule has 0 aliphatic carbocycles. The van der Waals surface area contributed by atoms with Crippen LogP contribution < -0.4 is 15.4 Å². The topological polar surface area (TPSA) is 100 Å². The molecule has 0 saturated carbocycles. The molecule has 0 unspecified atom stereocenters. The summed E-state index contributed by atoms with van der Waals surface area (Å²) in [6.07, 6.45) is 5.19. The molecule has 28 heavy (non-hydrogen) atoms. The summed E-state index contributed by atoms with van der Waals surface area (Å²) in [6.45, 7) is 5.04. The van der Waals surface area contributed by atoms with Gasteiger partial charge in [-0.05, 0) is 26.0 Å². The quantitative estimate of drug-likeness (QED) is 0.730. The van der Waals surface area contributed by atoms with Crippen LogP contribution in [0, 0.1) is 13.8 Å². The summed E-state index contributed by atoms with van der Waals surface area (Å²) >= 11 is 0. The number of nitrogens with zero attached hydrogens (tertiary/aromatic N) is 6. The smallest absolute Gasteiger partial charge is 0.254 e. The lowest BCUT2D eigenvalue weighted by Gasteiger charge is -2.34. The number of carbonyl (C=O) groups is 1. The summed E-state index contributed by atoms with van der Waals surface area (Å²) in [5.74, 6) is 1.21. The minimum absolute atomic E-state index is 0.00489. The summed E-state index contributed by atoms with van der Waals surface area (Å²) in [5.41, 5.74) is 2.69. The van der Waals surface area contributed by atoms with E-state index in [9.17, 15) is 9.59 Å². The Morgan fingerprint density at radius 1 is 1.11 bits per heavy atom. The van der Waals surface area contributed by atoms with Crippen molar-refractivity contribution in [2.75, 3.05) is 29.4 Å². The fourth-order valence-electron chi connectivity index (χ4n) is 3.18. The molecule has 0 bridgehead atoms. The molecule has 0 aromatic carbocycles. The summed E-state index contributed by atoms with van der Waals surface area (Å²) in [7, 11) is 1.83. The fraction of sp³-hybridized carbons (Fsp3) is 0.316. The summed E-state index contributed by atoms with van der Waals surface area (Å²) < 4.78 is 1.68. The Morgan fingerprint density at radius 2 is 1.93 bits per heavy atom. The van der Waals surface area contributed by atoms with E-state index in [-0.39, 0.29) is 18.0 Å². The Kier molecular flexibility index (Phi) is 4.42. The van der Waals surface area contributed by atoms with Gasteiger partial charge < -0.3 is 14.8 Å². The predicted octanol–water partition coefficient (Wildman–Crippen LogP) is 1.04. The van der Waals surface area contributed by atoms with Crippen molar-refractivity contribution in [3.8, 4) is 11.4 Å². The zero-order valence-corrected chi connectivity index (χ0v) is 16.0. The second-order valence-electron chi connectivity index (χ2n) is 6.87. The van der Waals surface area contributed by atoms with Crippen LogP contribution in [0.25, 0.3) is 11.4 Å². The van der Waals surface area contributed by atoms with Gasteiger partial charge in [-0.2, -0.15) is 5.10 Å². The van der Waals surface area contributed by atoms with E-state index in [0.717, 1.165) is 11.3 Å². The molecule has 0 atom stereocenters. The lowest BCUT2D eigenvalue weighted by molar-refractivity contribution is -0.117. The third-order valence-corrected chi connectivity index (χ3v) is 4.96. The lowest BCUT2D eigenvalue weighted by atomic mass is 10.2. The highest BCUT2D eigenvalue weighted by molar-refractivity contribution is 5.97. The molecule has 0 spiro atoms. The fourth-order valence-corrected chi connectivity index (χ4v) is 3.18. The molecule has 144 valence electrons. The van der Waals surface area contributed by atoms with Gasteiger partial charge in [0.05, 0.1) is 18.4 Å². The van der Waals surface area contributed by atoms with Gasteiger partial charge in [0.1, 0.15) is 11.6 Å². The van der Waals surface area contributed by atoms with Crippen molar-refractivity contribution in [3.05, 3.63) is 52.3 Å². The third kappa shape index (κ3) is 3.26. The van der Waals surface area contributed by atoms with E-state index in [1.165, 1.54) is 0 Å². The van der Waals surface area contributed by atoms with Gasteiger partial charge in [-0.3, -0.25) is 14.3 Å². The molecule has 1 aliphatic rings. The molecule has 1 amide bonds. The molecule has 1 N–H and O–H groups in total. The monoisotopic (exact) mass is 379 g/mol. The van der Waals surface area contributed by atoms with Crippen LogP contribution in [-0.2, 0) is 11.8 Å². The van der Waals surface area contributed by atoms with Crippen LogP contribution in [0.3, 0.4) is 0 Å². The van der Waals surface area contributed by atoms with Crippen LogP contribution in [0.2, 0.25) is 0 Å². The van der Waals surface area contributed by atoms with Gasteiger partial charge in [0, 0.05) is 49.4 Å². The maximum atomic E-state index is 12.6. The Hall–Kier alpha value is -3.49. The number of aryl methyl sites for hydroxylation is 2. The first-order valence-corrected chi connectivity index (χ1v) is 9.00. The number of aromatic nitrogens is 5. The van der Waals surface area contributed by atoms with Crippen LogP contribution in [0.4, 0.5) is 11.5 Å². The second-order valence-corrected chi connectivity index (χ2v) is 6.87. The minimum Gasteiger partial charge on any atom is -0.345 e. The number of aromatic amines is 1. The number of piperazine rings is 1. The Balaban J connectivity index is 1.51. The highest BCUT2D eigenvalue weighted by Gasteiger charge is 2.26. The maximum Gasteiger partial charge on any atom is 0.254 e. The van der Waals surface area contributed by atoms with E-state index >= 15 is 0 Å². The maximum absolute atomic E-state index is 12.6. The summed E-state index contributed by atoms with van der Waals surface area (Å²) in [6, 6.07) is 3.70. The number of nitrogens with one attached hydrogen (secondary N) is 1. The molecule has 1 aliphatic heterocycles. The molecule has 3 aromatic rings. The van der Waals surface area contributed by atoms with Crippen molar-refractivity contribution in [2.45, 2.75) is 13.8 Å². The molecule has 9 heteroatoms. The van der Waals surface area contributed by atoms with Crippen molar-refractivity contribution in [3.63, 3.8) is 0 Å². The number of anilines is 2. The standard InChI is InChI=1S/C19H21N7O2/c1-12-13(2)22-18(23-19(12)28)14-4-5-16(20-8-14)25-6-7-26(17(27)11-25)15-9-21-24(3)10-15/h4-5,8-10H,6-7,11H2,1-3H3,(H,22,23,28). The van der Waals surface area contributed by atoms with Crippen LogP contribution in [0.5, 0.6) is 0 Å². The number of carbonyl (C=O) groups excluding carboxylic acids is 1. The molecular formula is C19H21N7O2. The zero-order valence-electron chi connectivity index (χ0n) is 16.0. The minimum atomic E-state index is -0.149. The predicted molar refractivity (Wildman–Crippen MR) is 105 cm³/mol. The summed E-state index contributed by atoms with van der Waals surface area (Å²) in [4.78, 5) is 39.9. The highest BCUT2D eigenvalue weighted by Crippen LogP contribution is 2.21. The van der Waals surface area contributed by atoms with Gasteiger partial charge in [-0.25, -0.2) is 9.97 Å². The van der Waals surface area contributed by atoms with E-state index in [1.807, 2.05) is 37.2 Å². The molecule has 9 nitrogen and oxygen atoms in total. The van der Waals surface area contributed by atoms with E-state index in [2.05, 4.69) is 20.1 Å². The Bertz CT molecular complexity index is 1080. The molecular weight excluding hydrogens is 358 g/mol. The Labute approximate surface area is 161 Å². The van der Waals surface area contributed by atoms with Gasteiger partial charge in [-0.1, -0.05) is 0 Å². The number of amides is 1. The van der Waals surface area contributed by atoms with Crippen molar-refractivity contribution >= 4 is 17.4 Å². The van der Waals surface area contributed by atoms with E-state index < -0.39 is 0 Å². The number of H-pyrrole nitrogens is 1. The second kappa shape index (κ2) is 6.91. The molecule has 4 rings (SSSR count). The normalized spacial score (nSPS) is 14.6. The largest absolute Gasteiger partial charge is 0.345 e. The van der Waals surface area contributed by atoms with Crippen LogP contribution in [0.1, 0.15) is 11.3 Å². The van der Waals surface area contributed by atoms with E-state index in [1.54, 1.807) is 28.9 Å². The zero-order chi connectivity index (χ0) is 19.8. The van der Waals surface area contributed by atoms with Crippen molar-refractivity contribution in [1.82, 2.24) is 24.7 Å². The average Bonchev–Trinajstić information content (AvgIpc) is 3.12. The molecule has 1 fully saturated rings. The van der Waals surface area contributed by atoms with Crippen LogP contribution in [-0.4, -0.2) is 50.3 Å². The lowest BCUT2D eigenvalue weighted by Crippen LogP contribution is -2.50. The third-order valence-electron chi connectivity index (χ3n) is 4.96.